The fraction of sp³-hybridized carbons (Fsp3) is 0.344. The Morgan fingerprint density at radius 1 is 0.897 bits per heavy atom. The van der Waals surface area contributed by atoms with Gasteiger partial charge in [-0.1, -0.05) is 84.9 Å². The van der Waals surface area contributed by atoms with E-state index in [-0.39, 0.29) is 30.0 Å². The van der Waals surface area contributed by atoms with Gasteiger partial charge < -0.3 is 19.7 Å². The van der Waals surface area contributed by atoms with Gasteiger partial charge in [-0.05, 0) is 43.9 Å². The lowest BCUT2D eigenvalue weighted by atomic mass is 9.95. The molecule has 0 heterocycles. The molecule has 7 nitrogen and oxygen atoms in total. The third-order valence-corrected chi connectivity index (χ3v) is 6.63. The molecule has 0 saturated heterocycles. The van der Waals surface area contributed by atoms with Crippen molar-refractivity contribution in [2.24, 2.45) is 0 Å². The summed E-state index contributed by atoms with van der Waals surface area (Å²) in [7, 11) is 1.60. The van der Waals surface area contributed by atoms with Crippen LogP contribution in [0.5, 0.6) is 0 Å². The van der Waals surface area contributed by atoms with Crippen LogP contribution in [0.25, 0.3) is 0 Å². The summed E-state index contributed by atoms with van der Waals surface area (Å²) in [6.07, 6.45) is -0.0497. The fourth-order valence-electron chi connectivity index (χ4n) is 4.40. The lowest BCUT2D eigenvalue weighted by Crippen LogP contribution is -2.44. The summed E-state index contributed by atoms with van der Waals surface area (Å²) >= 11 is 0. The number of benzene rings is 3. The topological polar surface area (TPSA) is 84.9 Å². The van der Waals surface area contributed by atoms with Gasteiger partial charge in [0.25, 0.3) is 0 Å². The number of ketones is 1. The third-order valence-electron chi connectivity index (χ3n) is 6.63. The molecule has 2 amide bonds. The molecular weight excluding hydrogens is 492 g/mol. The van der Waals surface area contributed by atoms with Crippen LogP contribution < -0.4 is 5.32 Å². The number of carbonyl (C=O) groups is 3. The maximum Gasteiger partial charge on any atom is 0.410 e. The van der Waals surface area contributed by atoms with Crippen LogP contribution in [0, 0.1) is 0 Å². The number of nitrogens with one attached hydrogen (secondary N) is 1. The van der Waals surface area contributed by atoms with E-state index >= 15 is 0 Å². The number of Topliss-reactive ketones (excluding diaryl/α,β-unsaturated/α-hetero) is 1. The number of hydrogen-bond donors (Lipinski definition) is 1. The van der Waals surface area contributed by atoms with E-state index in [4.69, 9.17) is 9.47 Å². The van der Waals surface area contributed by atoms with Gasteiger partial charge in [-0.2, -0.15) is 0 Å². The van der Waals surface area contributed by atoms with Crippen LogP contribution in [0.15, 0.2) is 84.9 Å². The molecule has 1 fully saturated rings. The van der Waals surface area contributed by atoms with Crippen molar-refractivity contribution in [3.8, 4) is 0 Å². The summed E-state index contributed by atoms with van der Waals surface area (Å²) < 4.78 is 11.0. The minimum Gasteiger partial charge on any atom is -0.446 e. The maximum absolute atomic E-state index is 13.7. The standard InChI is InChI=1S/C32H36N2O5/c1-32(2,3)33-30(36)39-28-20-26(28)24-15-17-25(18-16-24)29(35)27(19-22-11-7-5-8-12-22)34(4)31(37)38-21-23-13-9-6-10-14-23/h5-18,26-28H,19-21H2,1-4H3,(H,33,36)/t26-,27-,28+/m0/s1. The molecule has 3 aromatic carbocycles. The van der Waals surface area contributed by atoms with Gasteiger partial charge in [-0.25, -0.2) is 9.59 Å². The minimum absolute atomic E-state index is 0.107. The molecule has 1 aliphatic rings. The van der Waals surface area contributed by atoms with Crippen molar-refractivity contribution in [2.75, 3.05) is 7.05 Å². The molecule has 39 heavy (non-hydrogen) atoms. The second-order valence-corrected chi connectivity index (χ2v) is 11.0. The SMILES string of the molecule is CN(C(=O)OCc1ccccc1)[C@@H](Cc1ccccc1)C(=O)c1ccc([C@@H]2C[C@H]2OC(=O)NC(C)(C)C)cc1. The molecule has 1 aliphatic carbocycles. The Morgan fingerprint density at radius 2 is 1.49 bits per heavy atom. The van der Waals surface area contributed by atoms with Crippen molar-refractivity contribution < 1.29 is 23.9 Å². The number of carbonyl (C=O) groups excluding carboxylic acids is 3. The second-order valence-electron chi connectivity index (χ2n) is 11.0. The highest BCUT2D eigenvalue weighted by Gasteiger charge is 2.42. The van der Waals surface area contributed by atoms with Gasteiger partial charge in [-0.15, -0.1) is 0 Å². The molecule has 7 heteroatoms. The van der Waals surface area contributed by atoms with Gasteiger partial charge in [0.05, 0.1) is 0 Å². The van der Waals surface area contributed by atoms with Crippen LogP contribution in [-0.4, -0.2) is 47.6 Å². The van der Waals surface area contributed by atoms with Crippen molar-refractivity contribution in [2.45, 2.75) is 63.8 Å². The first-order chi connectivity index (χ1) is 18.6. The van der Waals surface area contributed by atoms with Gasteiger partial charge in [0.2, 0.25) is 0 Å². The smallest absolute Gasteiger partial charge is 0.410 e. The Morgan fingerprint density at radius 3 is 2.08 bits per heavy atom. The first-order valence-corrected chi connectivity index (χ1v) is 13.2. The Balaban J connectivity index is 1.43. The van der Waals surface area contributed by atoms with E-state index in [2.05, 4.69) is 5.32 Å². The van der Waals surface area contributed by atoms with Crippen molar-refractivity contribution in [1.29, 1.82) is 0 Å². The molecule has 0 unspecified atom stereocenters. The number of likely N-dealkylation sites (N-methyl/N-ethyl adjacent to an activating group) is 1. The highest BCUT2D eigenvalue weighted by atomic mass is 16.6. The Labute approximate surface area is 230 Å². The monoisotopic (exact) mass is 528 g/mol. The molecular formula is C32H36N2O5. The molecule has 1 N–H and O–H groups in total. The highest BCUT2D eigenvalue weighted by Crippen LogP contribution is 2.43. The predicted octanol–water partition coefficient (Wildman–Crippen LogP) is 6.13. The Hall–Kier alpha value is -4.13. The fourth-order valence-corrected chi connectivity index (χ4v) is 4.40. The minimum atomic E-state index is -0.736. The lowest BCUT2D eigenvalue weighted by Gasteiger charge is -2.27. The van der Waals surface area contributed by atoms with Crippen molar-refractivity contribution in [3.05, 3.63) is 107 Å². The van der Waals surface area contributed by atoms with E-state index in [0.717, 1.165) is 23.1 Å². The van der Waals surface area contributed by atoms with Gasteiger partial charge in [0, 0.05) is 30.5 Å². The second kappa shape index (κ2) is 12.2. The maximum atomic E-state index is 13.7. The van der Waals surface area contributed by atoms with Gasteiger partial charge in [0.15, 0.2) is 5.78 Å². The summed E-state index contributed by atoms with van der Waals surface area (Å²) in [5, 5.41) is 2.81. The number of nitrogens with zero attached hydrogens (tertiary/aromatic N) is 1. The molecule has 0 bridgehead atoms. The average molecular weight is 529 g/mol. The molecule has 3 atom stereocenters. The van der Waals surface area contributed by atoms with Crippen molar-refractivity contribution in [3.63, 3.8) is 0 Å². The van der Waals surface area contributed by atoms with Crippen LogP contribution in [0.4, 0.5) is 9.59 Å². The Kier molecular flexibility index (Phi) is 8.69. The zero-order valence-electron chi connectivity index (χ0n) is 22.9. The van der Waals surface area contributed by atoms with Crippen molar-refractivity contribution >= 4 is 18.0 Å². The molecule has 4 rings (SSSR count). The average Bonchev–Trinajstić information content (AvgIpc) is 3.68. The van der Waals surface area contributed by atoms with E-state index < -0.39 is 18.2 Å². The number of ether oxygens (including phenoxy) is 2. The summed E-state index contributed by atoms with van der Waals surface area (Å²) in [5.41, 5.74) is 2.97. The van der Waals surface area contributed by atoms with Crippen LogP contribution in [0.3, 0.4) is 0 Å². The van der Waals surface area contributed by atoms with Gasteiger partial charge in [-0.3, -0.25) is 4.79 Å². The summed E-state index contributed by atoms with van der Waals surface area (Å²) in [5.74, 6) is -0.0617. The molecule has 204 valence electrons. The van der Waals surface area contributed by atoms with Crippen LogP contribution >= 0.6 is 0 Å². The van der Waals surface area contributed by atoms with E-state index in [0.29, 0.717) is 12.0 Å². The summed E-state index contributed by atoms with van der Waals surface area (Å²) in [4.78, 5) is 40.1. The zero-order valence-corrected chi connectivity index (χ0v) is 22.9. The summed E-state index contributed by atoms with van der Waals surface area (Å²) in [6.45, 7) is 5.84. The predicted molar refractivity (Wildman–Crippen MR) is 150 cm³/mol. The molecule has 0 aliphatic heterocycles. The normalized spacial score (nSPS) is 17.0. The molecule has 0 radical (unpaired) electrons. The number of amides is 2. The third kappa shape index (κ3) is 7.93. The zero-order chi connectivity index (χ0) is 28.0. The van der Waals surface area contributed by atoms with Crippen molar-refractivity contribution in [1.82, 2.24) is 10.2 Å². The number of alkyl carbamates (subject to hydrolysis) is 1. The molecule has 3 aromatic rings. The quantitative estimate of drug-likeness (QED) is 0.338. The first-order valence-electron chi connectivity index (χ1n) is 13.2. The van der Waals surface area contributed by atoms with E-state index in [1.54, 1.807) is 19.2 Å². The van der Waals surface area contributed by atoms with Crippen LogP contribution in [0.1, 0.15) is 60.2 Å². The van der Waals surface area contributed by atoms with E-state index in [1.807, 2.05) is 93.6 Å². The first kappa shape index (κ1) is 27.9. The van der Waals surface area contributed by atoms with Crippen LogP contribution in [-0.2, 0) is 22.5 Å². The number of rotatable bonds is 9. The van der Waals surface area contributed by atoms with Gasteiger partial charge >= 0.3 is 12.2 Å². The Bertz CT molecular complexity index is 1270. The van der Waals surface area contributed by atoms with E-state index in [1.165, 1.54) is 4.90 Å². The largest absolute Gasteiger partial charge is 0.446 e. The van der Waals surface area contributed by atoms with Gasteiger partial charge in [0.1, 0.15) is 18.8 Å². The van der Waals surface area contributed by atoms with E-state index in [9.17, 15) is 14.4 Å². The summed E-state index contributed by atoms with van der Waals surface area (Å²) in [6, 6.07) is 25.7. The lowest BCUT2D eigenvalue weighted by molar-refractivity contribution is 0.0717. The molecule has 1 saturated carbocycles. The number of hydrogen-bond acceptors (Lipinski definition) is 5. The highest BCUT2D eigenvalue weighted by molar-refractivity contribution is 6.01. The van der Waals surface area contributed by atoms with Crippen LogP contribution in [0.2, 0.25) is 0 Å². The molecule has 0 spiro atoms. The molecule has 0 aromatic heterocycles.